The van der Waals surface area contributed by atoms with E-state index < -0.39 is 10.0 Å². The fourth-order valence-corrected chi connectivity index (χ4v) is 2.13. The van der Waals surface area contributed by atoms with Crippen molar-refractivity contribution in [1.29, 1.82) is 0 Å². The van der Waals surface area contributed by atoms with Gasteiger partial charge in [-0.05, 0) is 25.1 Å². The normalized spacial score (nSPS) is 11.3. The average Bonchev–Trinajstić information content (AvgIpc) is 2.35. The number of carbonyl (C=O) groups excluding carboxylic acids is 1. The van der Waals surface area contributed by atoms with Crippen LogP contribution < -0.4 is 15.4 Å². The molecule has 112 valence electrons. The average molecular weight is 320 g/mol. The maximum Gasteiger partial charge on any atom is 0.238 e. The minimum Gasteiger partial charge on any atom is -0.324 e. The first kappa shape index (κ1) is 16.9. The zero-order chi connectivity index (χ0) is 15.0. The molecule has 0 unspecified atom stereocenters. The molecule has 0 aromatic heterocycles. The van der Waals surface area contributed by atoms with Crippen LogP contribution >= 0.6 is 11.6 Å². The zero-order valence-electron chi connectivity index (χ0n) is 11.1. The molecule has 0 aliphatic rings. The Kier molecular flexibility index (Phi) is 6.94. The third-order valence-electron chi connectivity index (χ3n) is 2.33. The molecule has 0 heterocycles. The highest BCUT2D eigenvalue weighted by Crippen LogP contribution is 2.19. The van der Waals surface area contributed by atoms with Crippen molar-refractivity contribution in [3.05, 3.63) is 29.3 Å². The molecule has 0 atom stereocenters. The molecule has 8 heteroatoms. The fourth-order valence-electron chi connectivity index (χ4n) is 1.43. The molecule has 0 spiro atoms. The molecule has 3 N–H and O–H groups in total. The molecule has 20 heavy (non-hydrogen) atoms. The summed E-state index contributed by atoms with van der Waals surface area (Å²) in [6, 6.07) is 6.98. The molecule has 0 fully saturated rings. The van der Waals surface area contributed by atoms with E-state index in [0.717, 1.165) is 6.26 Å². The second-order valence-electron chi connectivity index (χ2n) is 4.22. The predicted molar refractivity (Wildman–Crippen MR) is 80.4 cm³/mol. The highest BCUT2D eigenvalue weighted by Gasteiger charge is 2.04. The number of benzene rings is 1. The van der Waals surface area contributed by atoms with Gasteiger partial charge in [0, 0.05) is 6.54 Å². The molecule has 1 rings (SSSR count). The quantitative estimate of drug-likeness (QED) is 0.619. The van der Waals surface area contributed by atoms with E-state index in [2.05, 4.69) is 15.4 Å². The maximum atomic E-state index is 11.6. The Morgan fingerprint density at radius 1 is 1.25 bits per heavy atom. The van der Waals surface area contributed by atoms with Gasteiger partial charge in [-0.2, -0.15) is 0 Å². The van der Waals surface area contributed by atoms with Crippen LogP contribution in [0.5, 0.6) is 0 Å². The van der Waals surface area contributed by atoms with E-state index in [-0.39, 0.29) is 12.5 Å². The van der Waals surface area contributed by atoms with Gasteiger partial charge in [0.25, 0.3) is 0 Å². The summed E-state index contributed by atoms with van der Waals surface area (Å²) in [5.41, 5.74) is 0.569. The van der Waals surface area contributed by atoms with E-state index in [9.17, 15) is 13.2 Å². The van der Waals surface area contributed by atoms with E-state index in [4.69, 9.17) is 11.6 Å². The summed E-state index contributed by atoms with van der Waals surface area (Å²) in [5.74, 6) is -0.200. The summed E-state index contributed by atoms with van der Waals surface area (Å²) < 4.78 is 24.0. The Bertz CT molecular complexity index is 549. The van der Waals surface area contributed by atoms with E-state index in [1.54, 1.807) is 24.3 Å². The molecule has 1 aromatic rings. The van der Waals surface area contributed by atoms with Gasteiger partial charge in [-0.3, -0.25) is 4.79 Å². The molecular formula is C12H18ClN3O3S. The second-order valence-corrected chi connectivity index (χ2v) is 6.47. The monoisotopic (exact) mass is 319 g/mol. The van der Waals surface area contributed by atoms with Crippen LogP contribution in [0.25, 0.3) is 0 Å². The number of hydrogen-bond donors (Lipinski definition) is 3. The van der Waals surface area contributed by atoms with Crippen molar-refractivity contribution < 1.29 is 13.2 Å². The third kappa shape index (κ3) is 7.44. The maximum absolute atomic E-state index is 11.6. The first-order valence-corrected chi connectivity index (χ1v) is 8.35. The Balaban J connectivity index is 2.17. The lowest BCUT2D eigenvalue weighted by molar-refractivity contribution is -0.115. The van der Waals surface area contributed by atoms with E-state index >= 15 is 0 Å². The molecule has 1 amide bonds. The molecule has 0 aliphatic heterocycles. The second kappa shape index (κ2) is 8.21. The molecule has 0 aliphatic carbocycles. The number of halogens is 1. The number of nitrogens with one attached hydrogen (secondary N) is 3. The largest absolute Gasteiger partial charge is 0.324 e. The smallest absolute Gasteiger partial charge is 0.238 e. The van der Waals surface area contributed by atoms with Gasteiger partial charge in [0.1, 0.15) is 0 Å². The highest BCUT2D eigenvalue weighted by molar-refractivity contribution is 7.88. The summed E-state index contributed by atoms with van der Waals surface area (Å²) in [4.78, 5) is 11.6. The van der Waals surface area contributed by atoms with Crippen LogP contribution in [0, 0.1) is 0 Å². The molecule has 0 saturated heterocycles. The van der Waals surface area contributed by atoms with Crippen LogP contribution in [0.15, 0.2) is 24.3 Å². The predicted octanol–water partition coefficient (Wildman–Crippen LogP) is 0.807. The Morgan fingerprint density at radius 2 is 1.95 bits per heavy atom. The zero-order valence-corrected chi connectivity index (χ0v) is 12.7. The summed E-state index contributed by atoms with van der Waals surface area (Å²) in [5, 5.41) is 6.09. The summed E-state index contributed by atoms with van der Waals surface area (Å²) >= 11 is 5.91. The van der Waals surface area contributed by atoms with Crippen molar-refractivity contribution in [2.75, 3.05) is 31.2 Å². The molecule has 0 radical (unpaired) electrons. The lowest BCUT2D eigenvalue weighted by Gasteiger charge is -2.08. The minimum atomic E-state index is -3.14. The van der Waals surface area contributed by atoms with Gasteiger partial charge in [0.2, 0.25) is 15.9 Å². The van der Waals surface area contributed by atoms with Crippen LogP contribution in [0.2, 0.25) is 5.02 Å². The Morgan fingerprint density at radius 3 is 2.60 bits per heavy atom. The molecule has 0 bridgehead atoms. The third-order valence-corrected chi connectivity index (χ3v) is 3.39. The number of rotatable bonds is 8. The minimum absolute atomic E-state index is 0.143. The van der Waals surface area contributed by atoms with Crippen molar-refractivity contribution in [2.45, 2.75) is 6.42 Å². The number of anilines is 1. The number of para-hydroxylation sites is 1. The van der Waals surface area contributed by atoms with Gasteiger partial charge in [-0.15, -0.1) is 0 Å². The van der Waals surface area contributed by atoms with E-state index in [1.165, 1.54) is 0 Å². The van der Waals surface area contributed by atoms with Crippen LogP contribution in [-0.4, -0.2) is 40.2 Å². The highest BCUT2D eigenvalue weighted by atomic mass is 35.5. The van der Waals surface area contributed by atoms with Crippen molar-refractivity contribution >= 4 is 33.2 Å². The summed E-state index contributed by atoms with van der Waals surface area (Å²) in [7, 11) is -3.14. The molecule has 0 saturated carbocycles. The SMILES string of the molecule is CS(=O)(=O)NCCCNCC(=O)Nc1ccccc1Cl. The molecular weight excluding hydrogens is 302 g/mol. The van der Waals surface area contributed by atoms with Gasteiger partial charge >= 0.3 is 0 Å². The molecule has 1 aromatic carbocycles. The fraction of sp³-hybridized carbons (Fsp3) is 0.417. The Labute approximate surface area is 123 Å². The topological polar surface area (TPSA) is 87.3 Å². The van der Waals surface area contributed by atoms with Gasteiger partial charge in [0.15, 0.2) is 0 Å². The van der Waals surface area contributed by atoms with Crippen LogP contribution in [0.1, 0.15) is 6.42 Å². The van der Waals surface area contributed by atoms with Gasteiger partial charge in [-0.25, -0.2) is 13.1 Å². The van der Waals surface area contributed by atoms with Gasteiger partial charge < -0.3 is 10.6 Å². The van der Waals surface area contributed by atoms with Crippen molar-refractivity contribution in [3.63, 3.8) is 0 Å². The number of hydrogen-bond acceptors (Lipinski definition) is 4. The van der Waals surface area contributed by atoms with Gasteiger partial charge in [0.05, 0.1) is 23.5 Å². The van der Waals surface area contributed by atoms with E-state index in [1.807, 2.05) is 0 Å². The number of amides is 1. The van der Waals surface area contributed by atoms with Crippen LogP contribution in [0.4, 0.5) is 5.69 Å². The van der Waals surface area contributed by atoms with Crippen molar-refractivity contribution in [3.8, 4) is 0 Å². The van der Waals surface area contributed by atoms with Crippen molar-refractivity contribution in [1.82, 2.24) is 10.0 Å². The molecule has 6 nitrogen and oxygen atoms in total. The lowest BCUT2D eigenvalue weighted by Crippen LogP contribution is -2.31. The summed E-state index contributed by atoms with van der Waals surface area (Å²) in [6.07, 6.45) is 1.71. The van der Waals surface area contributed by atoms with Crippen molar-refractivity contribution in [2.24, 2.45) is 0 Å². The standard InChI is InChI=1S/C12H18ClN3O3S/c1-20(18,19)15-8-4-7-14-9-12(17)16-11-6-3-2-5-10(11)13/h2-3,5-6,14-15H,4,7-9H2,1H3,(H,16,17). The summed E-state index contributed by atoms with van der Waals surface area (Å²) in [6.45, 7) is 1.03. The van der Waals surface area contributed by atoms with Gasteiger partial charge in [-0.1, -0.05) is 23.7 Å². The first-order valence-electron chi connectivity index (χ1n) is 6.08. The first-order chi connectivity index (χ1) is 9.38. The van der Waals surface area contributed by atoms with E-state index in [0.29, 0.717) is 30.2 Å². The van der Waals surface area contributed by atoms with Crippen LogP contribution in [0.3, 0.4) is 0 Å². The van der Waals surface area contributed by atoms with Crippen LogP contribution in [-0.2, 0) is 14.8 Å². The Hall–Kier alpha value is -1.15. The lowest BCUT2D eigenvalue weighted by atomic mass is 10.3. The number of carbonyl (C=O) groups is 1. The number of sulfonamides is 1.